The van der Waals surface area contributed by atoms with E-state index in [1.165, 1.54) is 16.8 Å². The lowest BCUT2D eigenvalue weighted by atomic mass is 10.0. The van der Waals surface area contributed by atoms with E-state index in [2.05, 4.69) is 5.10 Å². The van der Waals surface area contributed by atoms with Crippen LogP contribution in [0.3, 0.4) is 0 Å². The topological polar surface area (TPSA) is 64.2 Å². The highest BCUT2D eigenvalue weighted by Gasteiger charge is 2.27. The Morgan fingerprint density at radius 1 is 1.48 bits per heavy atom. The summed E-state index contributed by atoms with van der Waals surface area (Å²) in [5, 5.41) is 5.05. The molecule has 0 radical (unpaired) electrons. The maximum atomic E-state index is 12.6. The minimum absolute atomic E-state index is 0.157. The highest BCUT2D eigenvalue weighted by atomic mass is 32.1. The molecule has 0 fully saturated rings. The number of carbonyl (C=O) groups excluding carboxylic acids is 1. The van der Waals surface area contributed by atoms with Gasteiger partial charge in [-0.05, 0) is 31.9 Å². The fourth-order valence-corrected chi connectivity index (χ4v) is 4.06. The van der Waals surface area contributed by atoms with Crippen molar-refractivity contribution in [2.45, 2.75) is 19.8 Å². The van der Waals surface area contributed by atoms with Crippen LogP contribution >= 0.6 is 11.3 Å². The SMILES string of the molecule is CCN(C(=O)c1ccco1)c1nc2c(s1)CCc1c-2cnn1C. The van der Waals surface area contributed by atoms with Crippen molar-refractivity contribution in [2.24, 2.45) is 7.05 Å². The number of carbonyl (C=O) groups is 1. The molecule has 0 saturated heterocycles. The number of nitrogens with zero attached hydrogens (tertiary/aromatic N) is 4. The van der Waals surface area contributed by atoms with Gasteiger partial charge >= 0.3 is 0 Å². The van der Waals surface area contributed by atoms with Crippen LogP contribution in [-0.2, 0) is 19.9 Å². The number of hydrogen-bond acceptors (Lipinski definition) is 5. The zero-order valence-corrected chi connectivity index (χ0v) is 13.8. The molecule has 23 heavy (non-hydrogen) atoms. The van der Waals surface area contributed by atoms with Gasteiger partial charge in [0.05, 0.1) is 18.2 Å². The van der Waals surface area contributed by atoms with Gasteiger partial charge in [0.25, 0.3) is 5.91 Å². The van der Waals surface area contributed by atoms with Crippen LogP contribution < -0.4 is 4.90 Å². The molecule has 0 atom stereocenters. The van der Waals surface area contributed by atoms with E-state index >= 15 is 0 Å². The predicted octanol–water partition coefficient (Wildman–Crippen LogP) is 2.90. The molecule has 7 heteroatoms. The van der Waals surface area contributed by atoms with E-state index < -0.39 is 0 Å². The third-order valence-electron chi connectivity index (χ3n) is 4.12. The lowest BCUT2D eigenvalue weighted by Gasteiger charge is -2.15. The number of fused-ring (bicyclic) bond motifs is 3. The number of amides is 1. The van der Waals surface area contributed by atoms with Crippen molar-refractivity contribution in [1.82, 2.24) is 14.8 Å². The molecule has 1 amide bonds. The Morgan fingerprint density at radius 3 is 3.09 bits per heavy atom. The highest BCUT2D eigenvalue weighted by molar-refractivity contribution is 7.16. The van der Waals surface area contributed by atoms with Gasteiger partial charge in [0.1, 0.15) is 0 Å². The van der Waals surface area contributed by atoms with E-state index in [4.69, 9.17) is 9.40 Å². The molecule has 1 aliphatic carbocycles. The summed E-state index contributed by atoms with van der Waals surface area (Å²) >= 11 is 1.58. The summed E-state index contributed by atoms with van der Waals surface area (Å²) in [6.45, 7) is 2.49. The Balaban J connectivity index is 1.74. The molecule has 118 valence electrons. The molecule has 0 bridgehead atoms. The first-order chi connectivity index (χ1) is 11.2. The number of aromatic nitrogens is 3. The largest absolute Gasteiger partial charge is 0.459 e. The first-order valence-corrected chi connectivity index (χ1v) is 8.37. The third-order valence-corrected chi connectivity index (χ3v) is 5.25. The Hall–Kier alpha value is -2.41. The molecule has 1 aliphatic rings. The summed E-state index contributed by atoms with van der Waals surface area (Å²) in [4.78, 5) is 20.2. The minimum Gasteiger partial charge on any atom is -0.459 e. The number of furan rings is 1. The van der Waals surface area contributed by atoms with Crippen molar-refractivity contribution < 1.29 is 9.21 Å². The molecule has 3 heterocycles. The zero-order chi connectivity index (χ0) is 16.0. The van der Waals surface area contributed by atoms with Crippen molar-refractivity contribution in [1.29, 1.82) is 0 Å². The van der Waals surface area contributed by atoms with Gasteiger partial charge in [-0.25, -0.2) is 4.98 Å². The van der Waals surface area contributed by atoms with E-state index in [1.54, 1.807) is 28.4 Å². The fraction of sp³-hybridized carbons (Fsp3) is 0.312. The molecule has 0 saturated carbocycles. The van der Waals surface area contributed by atoms with E-state index in [0.717, 1.165) is 29.2 Å². The number of aryl methyl sites for hydroxylation is 2. The van der Waals surface area contributed by atoms with E-state index in [0.29, 0.717) is 12.3 Å². The van der Waals surface area contributed by atoms with Crippen LogP contribution in [0.5, 0.6) is 0 Å². The van der Waals surface area contributed by atoms with Crippen LogP contribution in [0.2, 0.25) is 0 Å². The molecule has 0 spiro atoms. The van der Waals surface area contributed by atoms with Crippen molar-refractivity contribution >= 4 is 22.4 Å². The second-order valence-corrected chi connectivity index (χ2v) is 6.49. The zero-order valence-electron chi connectivity index (χ0n) is 12.9. The molecule has 0 aliphatic heterocycles. The Kier molecular flexibility index (Phi) is 3.30. The Morgan fingerprint density at radius 2 is 2.35 bits per heavy atom. The minimum atomic E-state index is -0.157. The number of rotatable bonds is 3. The van der Waals surface area contributed by atoms with Crippen LogP contribution in [0.1, 0.15) is 28.0 Å². The van der Waals surface area contributed by atoms with Crippen molar-refractivity contribution in [3.05, 3.63) is 40.9 Å². The maximum absolute atomic E-state index is 12.6. The molecular weight excluding hydrogens is 312 g/mol. The van der Waals surface area contributed by atoms with Gasteiger partial charge < -0.3 is 4.42 Å². The Labute approximate surface area is 137 Å². The number of anilines is 1. The summed E-state index contributed by atoms with van der Waals surface area (Å²) in [5.41, 5.74) is 3.25. The Bertz CT molecular complexity index is 863. The van der Waals surface area contributed by atoms with Gasteiger partial charge in [-0.3, -0.25) is 14.4 Å². The van der Waals surface area contributed by atoms with E-state index in [9.17, 15) is 4.79 Å². The van der Waals surface area contributed by atoms with Crippen LogP contribution in [0.15, 0.2) is 29.0 Å². The third kappa shape index (κ3) is 2.19. The summed E-state index contributed by atoms with van der Waals surface area (Å²) < 4.78 is 7.14. The molecule has 6 nitrogen and oxygen atoms in total. The van der Waals surface area contributed by atoms with Gasteiger partial charge in [-0.2, -0.15) is 5.10 Å². The molecule has 0 N–H and O–H groups in total. The smallest absolute Gasteiger partial charge is 0.295 e. The van der Waals surface area contributed by atoms with Gasteiger partial charge in [0.15, 0.2) is 10.9 Å². The molecule has 0 unspecified atom stereocenters. The van der Waals surface area contributed by atoms with Crippen molar-refractivity contribution in [3.8, 4) is 11.3 Å². The molecule has 3 aromatic heterocycles. The summed E-state index contributed by atoms with van der Waals surface area (Å²) in [6.07, 6.45) is 5.27. The molecule has 3 aromatic rings. The van der Waals surface area contributed by atoms with Gasteiger partial charge in [-0.15, -0.1) is 11.3 Å². The van der Waals surface area contributed by atoms with Crippen LogP contribution in [0, 0.1) is 0 Å². The van der Waals surface area contributed by atoms with Crippen LogP contribution in [0.25, 0.3) is 11.3 Å². The van der Waals surface area contributed by atoms with Crippen LogP contribution in [-0.4, -0.2) is 27.2 Å². The summed E-state index contributed by atoms with van der Waals surface area (Å²) in [6, 6.07) is 3.40. The lowest BCUT2D eigenvalue weighted by molar-refractivity contribution is 0.0961. The first kappa shape index (κ1) is 14.2. The summed E-state index contributed by atoms with van der Waals surface area (Å²) in [5.74, 6) is 0.178. The fourth-order valence-electron chi connectivity index (χ4n) is 2.92. The highest BCUT2D eigenvalue weighted by Crippen LogP contribution is 2.39. The molecule has 4 rings (SSSR count). The number of hydrogen-bond donors (Lipinski definition) is 0. The predicted molar refractivity (Wildman–Crippen MR) is 87.8 cm³/mol. The summed E-state index contributed by atoms with van der Waals surface area (Å²) in [7, 11) is 1.95. The average molecular weight is 328 g/mol. The number of thiazole rings is 1. The quantitative estimate of drug-likeness (QED) is 0.741. The van der Waals surface area contributed by atoms with E-state index in [-0.39, 0.29) is 5.91 Å². The van der Waals surface area contributed by atoms with Crippen LogP contribution in [0.4, 0.5) is 5.13 Å². The lowest BCUT2D eigenvalue weighted by Crippen LogP contribution is -2.30. The standard InChI is InChI=1S/C16H16N4O2S/c1-3-20(15(21)12-5-4-8-22-12)16-18-14-10-9-17-19(2)11(10)6-7-13(14)23-16/h4-5,8-9H,3,6-7H2,1-2H3. The molecular formula is C16H16N4O2S. The van der Waals surface area contributed by atoms with E-state index in [1.807, 2.05) is 24.9 Å². The normalized spacial score (nSPS) is 12.8. The van der Waals surface area contributed by atoms with Gasteiger partial charge in [0.2, 0.25) is 0 Å². The maximum Gasteiger partial charge on any atom is 0.295 e. The first-order valence-electron chi connectivity index (χ1n) is 7.55. The van der Waals surface area contributed by atoms with Gasteiger partial charge in [0, 0.05) is 29.7 Å². The van der Waals surface area contributed by atoms with Crippen molar-refractivity contribution in [2.75, 3.05) is 11.4 Å². The van der Waals surface area contributed by atoms with Crippen molar-refractivity contribution in [3.63, 3.8) is 0 Å². The van der Waals surface area contributed by atoms with Gasteiger partial charge in [-0.1, -0.05) is 0 Å². The monoisotopic (exact) mass is 328 g/mol. The average Bonchev–Trinajstić information content (AvgIpc) is 3.26. The molecule has 0 aromatic carbocycles. The second kappa shape index (κ2) is 5.34. The second-order valence-electron chi connectivity index (χ2n) is 5.42.